The van der Waals surface area contributed by atoms with Crippen molar-refractivity contribution in [2.24, 2.45) is 0 Å². The number of methoxy groups -OCH3 is 1. The van der Waals surface area contributed by atoms with E-state index in [0.29, 0.717) is 28.2 Å². The first-order valence-electron chi connectivity index (χ1n) is 8.50. The Labute approximate surface area is 157 Å². The molecule has 144 valence electrons. The zero-order chi connectivity index (χ0) is 20.1. The molecule has 0 saturated heterocycles. The van der Waals surface area contributed by atoms with Crippen LogP contribution in [-0.4, -0.2) is 36.0 Å². The number of rotatable bonds is 5. The van der Waals surface area contributed by atoms with Gasteiger partial charge in [-0.3, -0.25) is 4.79 Å². The summed E-state index contributed by atoms with van der Waals surface area (Å²) in [6.45, 7) is 7.07. The van der Waals surface area contributed by atoms with Crippen LogP contribution in [0.1, 0.15) is 46.0 Å². The molecule has 8 nitrogen and oxygen atoms in total. The first-order valence-corrected chi connectivity index (χ1v) is 8.50. The lowest BCUT2D eigenvalue weighted by atomic mass is 10.1. The second-order valence-electron chi connectivity index (χ2n) is 6.37. The van der Waals surface area contributed by atoms with E-state index in [1.165, 1.54) is 7.11 Å². The van der Waals surface area contributed by atoms with E-state index in [4.69, 9.17) is 4.74 Å². The SMILES string of the molecule is COC(=O)c1c(C)[nH]c(C(=O)Nc2ccccc2NC(=O)NC(C)C)c1C. The van der Waals surface area contributed by atoms with Gasteiger partial charge in [0.25, 0.3) is 5.91 Å². The van der Waals surface area contributed by atoms with Gasteiger partial charge in [-0.15, -0.1) is 0 Å². The van der Waals surface area contributed by atoms with Crippen LogP contribution in [0.25, 0.3) is 0 Å². The van der Waals surface area contributed by atoms with Crippen molar-refractivity contribution < 1.29 is 19.1 Å². The van der Waals surface area contributed by atoms with Gasteiger partial charge in [0.05, 0.1) is 24.0 Å². The molecule has 27 heavy (non-hydrogen) atoms. The maximum Gasteiger partial charge on any atom is 0.339 e. The summed E-state index contributed by atoms with van der Waals surface area (Å²) < 4.78 is 4.76. The number of benzene rings is 1. The number of aromatic amines is 1. The Morgan fingerprint density at radius 3 is 2.19 bits per heavy atom. The van der Waals surface area contributed by atoms with Crippen LogP contribution in [0.5, 0.6) is 0 Å². The summed E-state index contributed by atoms with van der Waals surface area (Å²) in [5.41, 5.74) is 2.54. The molecule has 1 heterocycles. The smallest absolute Gasteiger partial charge is 0.339 e. The molecule has 2 aromatic rings. The summed E-state index contributed by atoms with van der Waals surface area (Å²) in [7, 11) is 1.29. The van der Waals surface area contributed by atoms with Crippen molar-refractivity contribution in [1.82, 2.24) is 10.3 Å². The lowest BCUT2D eigenvalue weighted by molar-refractivity contribution is 0.0599. The molecule has 0 aliphatic rings. The van der Waals surface area contributed by atoms with Crippen molar-refractivity contribution >= 4 is 29.3 Å². The lowest BCUT2D eigenvalue weighted by Gasteiger charge is -2.14. The topological polar surface area (TPSA) is 112 Å². The van der Waals surface area contributed by atoms with Gasteiger partial charge in [0, 0.05) is 11.7 Å². The number of carbonyl (C=O) groups excluding carboxylic acids is 3. The van der Waals surface area contributed by atoms with E-state index in [2.05, 4.69) is 20.9 Å². The monoisotopic (exact) mass is 372 g/mol. The molecule has 0 radical (unpaired) electrons. The van der Waals surface area contributed by atoms with Crippen molar-refractivity contribution in [3.8, 4) is 0 Å². The Morgan fingerprint density at radius 1 is 1.04 bits per heavy atom. The van der Waals surface area contributed by atoms with E-state index in [1.54, 1.807) is 38.1 Å². The molecular weight excluding hydrogens is 348 g/mol. The second-order valence-corrected chi connectivity index (χ2v) is 6.37. The molecule has 8 heteroatoms. The average molecular weight is 372 g/mol. The molecule has 0 unspecified atom stereocenters. The van der Waals surface area contributed by atoms with Gasteiger partial charge in [-0.2, -0.15) is 0 Å². The van der Waals surface area contributed by atoms with Gasteiger partial charge in [0.1, 0.15) is 5.69 Å². The third kappa shape index (κ3) is 4.66. The molecule has 1 aromatic heterocycles. The molecule has 0 bridgehead atoms. The molecule has 3 amide bonds. The Hall–Kier alpha value is -3.29. The van der Waals surface area contributed by atoms with Crippen molar-refractivity contribution in [2.75, 3.05) is 17.7 Å². The van der Waals surface area contributed by atoms with Crippen molar-refractivity contribution in [2.45, 2.75) is 33.7 Å². The van der Waals surface area contributed by atoms with Gasteiger partial charge in [0.2, 0.25) is 0 Å². The number of carbonyl (C=O) groups is 3. The van der Waals surface area contributed by atoms with Crippen LogP contribution in [0.3, 0.4) is 0 Å². The summed E-state index contributed by atoms with van der Waals surface area (Å²) >= 11 is 0. The fraction of sp³-hybridized carbons (Fsp3) is 0.316. The lowest BCUT2D eigenvalue weighted by Crippen LogP contribution is -2.34. The molecular formula is C19H24N4O4. The number of nitrogens with one attached hydrogen (secondary N) is 4. The highest BCUT2D eigenvalue weighted by atomic mass is 16.5. The number of hydrogen-bond donors (Lipinski definition) is 4. The third-order valence-electron chi connectivity index (χ3n) is 3.90. The Morgan fingerprint density at radius 2 is 1.63 bits per heavy atom. The first-order chi connectivity index (χ1) is 12.7. The van der Waals surface area contributed by atoms with Gasteiger partial charge in [-0.25, -0.2) is 9.59 Å². The number of ether oxygens (including phenoxy) is 1. The number of para-hydroxylation sites is 2. The minimum atomic E-state index is -0.507. The largest absolute Gasteiger partial charge is 0.465 e. The van der Waals surface area contributed by atoms with Crippen LogP contribution in [-0.2, 0) is 4.74 Å². The van der Waals surface area contributed by atoms with E-state index < -0.39 is 11.9 Å². The fourth-order valence-electron chi connectivity index (χ4n) is 2.69. The highest BCUT2D eigenvalue weighted by Gasteiger charge is 2.23. The van der Waals surface area contributed by atoms with Crippen molar-refractivity contribution in [3.05, 3.63) is 46.8 Å². The summed E-state index contributed by atoms with van der Waals surface area (Å²) in [6, 6.07) is 6.46. The highest BCUT2D eigenvalue weighted by Crippen LogP contribution is 2.24. The summed E-state index contributed by atoms with van der Waals surface area (Å²) in [5.74, 6) is -0.933. The Bertz CT molecular complexity index is 871. The van der Waals surface area contributed by atoms with Gasteiger partial charge in [0.15, 0.2) is 0 Å². The van der Waals surface area contributed by atoms with E-state index in [9.17, 15) is 14.4 Å². The Kier molecular flexibility index (Phi) is 6.23. The second kappa shape index (κ2) is 8.39. The molecule has 0 aliphatic heterocycles. The minimum Gasteiger partial charge on any atom is -0.465 e. The predicted octanol–water partition coefficient (Wildman–Crippen LogP) is 3.20. The highest BCUT2D eigenvalue weighted by molar-refractivity contribution is 6.09. The molecule has 0 spiro atoms. The maximum absolute atomic E-state index is 12.7. The number of urea groups is 1. The van der Waals surface area contributed by atoms with E-state index in [1.807, 2.05) is 13.8 Å². The number of H-pyrrole nitrogens is 1. The van der Waals surface area contributed by atoms with Crippen molar-refractivity contribution in [3.63, 3.8) is 0 Å². The van der Waals surface area contributed by atoms with Crippen LogP contribution < -0.4 is 16.0 Å². The van der Waals surface area contributed by atoms with Crippen LogP contribution in [0.2, 0.25) is 0 Å². The third-order valence-corrected chi connectivity index (χ3v) is 3.90. The number of hydrogen-bond acceptors (Lipinski definition) is 4. The number of esters is 1. The van der Waals surface area contributed by atoms with E-state index in [-0.39, 0.29) is 17.8 Å². The molecule has 1 aromatic carbocycles. The molecule has 0 atom stereocenters. The summed E-state index contributed by atoms with van der Waals surface area (Å²) in [6.07, 6.45) is 0. The van der Waals surface area contributed by atoms with Crippen LogP contribution in [0.4, 0.5) is 16.2 Å². The molecule has 0 saturated carbocycles. The van der Waals surface area contributed by atoms with Gasteiger partial charge < -0.3 is 25.7 Å². The number of aryl methyl sites for hydroxylation is 1. The summed E-state index contributed by atoms with van der Waals surface area (Å²) in [5, 5.41) is 8.19. The predicted molar refractivity (Wildman–Crippen MR) is 103 cm³/mol. The van der Waals surface area contributed by atoms with Crippen LogP contribution in [0.15, 0.2) is 24.3 Å². The van der Waals surface area contributed by atoms with E-state index >= 15 is 0 Å². The quantitative estimate of drug-likeness (QED) is 0.604. The number of anilines is 2. The molecule has 2 rings (SSSR count). The van der Waals surface area contributed by atoms with E-state index in [0.717, 1.165) is 0 Å². The summed E-state index contributed by atoms with van der Waals surface area (Å²) in [4.78, 5) is 39.5. The fourth-order valence-corrected chi connectivity index (χ4v) is 2.69. The van der Waals surface area contributed by atoms with Crippen LogP contribution >= 0.6 is 0 Å². The van der Waals surface area contributed by atoms with Crippen molar-refractivity contribution in [1.29, 1.82) is 0 Å². The Balaban J connectivity index is 2.24. The first kappa shape index (κ1) is 20.0. The van der Waals surface area contributed by atoms with Crippen LogP contribution in [0, 0.1) is 13.8 Å². The number of aromatic nitrogens is 1. The molecule has 4 N–H and O–H groups in total. The maximum atomic E-state index is 12.7. The van der Waals surface area contributed by atoms with Gasteiger partial charge in [-0.05, 0) is 45.4 Å². The number of amides is 3. The normalized spacial score (nSPS) is 10.4. The standard InChI is InChI=1S/C19H24N4O4/c1-10(2)20-19(26)23-14-9-7-6-8-13(14)22-17(24)16-11(3)15(12(4)21-16)18(25)27-5/h6-10,21H,1-5H3,(H,22,24)(H2,20,23,26). The molecule has 0 fully saturated rings. The van der Waals surface area contributed by atoms with Gasteiger partial charge in [-0.1, -0.05) is 12.1 Å². The average Bonchev–Trinajstić information content (AvgIpc) is 2.90. The zero-order valence-electron chi connectivity index (χ0n) is 16.0. The zero-order valence-corrected chi connectivity index (χ0v) is 16.0. The van der Waals surface area contributed by atoms with Gasteiger partial charge >= 0.3 is 12.0 Å². The minimum absolute atomic E-state index is 0.0203. The molecule has 0 aliphatic carbocycles.